The van der Waals surface area contributed by atoms with Gasteiger partial charge in [0.1, 0.15) is 5.75 Å². The molecular weight excluding hydrogens is 352 g/mol. The van der Waals surface area contributed by atoms with Crippen molar-refractivity contribution in [3.8, 4) is 5.75 Å². The molecule has 0 spiro atoms. The Morgan fingerprint density at radius 2 is 1.75 bits per heavy atom. The highest BCUT2D eigenvalue weighted by Gasteiger charge is 2.18. The zero-order valence-electron chi connectivity index (χ0n) is 16.5. The number of pyridine rings is 1. The number of esters is 1. The maximum atomic E-state index is 11.7. The number of hydrogen-bond donors (Lipinski definition) is 0. The van der Waals surface area contributed by atoms with Crippen molar-refractivity contribution in [2.45, 2.75) is 38.5 Å². The Kier molecular flexibility index (Phi) is 8.31. The standard InChI is InChI=1S/C23H30N2O3/c26-23(28-22-7-2-1-3-8-22)13-19-27-18-5-4-6-20-11-16-25(17-12-20)21-9-14-24-15-10-21/h1-3,7-10,14-15,20H,4-6,11-13,16-19H2. The van der Waals surface area contributed by atoms with Crippen LogP contribution in [-0.4, -0.2) is 37.3 Å². The Bertz CT molecular complexity index is 686. The first-order valence-electron chi connectivity index (χ1n) is 10.3. The predicted octanol–water partition coefficient (Wildman–Crippen LogP) is 4.48. The Balaban J connectivity index is 1.18. The fourth-order valence-electron chi connectivity index (χ4n) is 3.60. The van der Waals surface area contributed by atoms with Crippen molar-refractivity contribution in [1.82, 2.24) is 4.98 Å². The van der Waals surface area contributed by atoms with Gasteiger partial charge in [0.25, 0.3) is 0 Å². The normalized spacial score (nSPS) is 14.8. The van der Waals surface area contributed by atoms with Crippen LogP contribution in [0.25, 0.3) is 0 Å². The molecule has 1 saturated heterocycles. The van der Waals surface area contributed by atoms with Gasteiger partial charge in [-0.25, -0.2) is 0 Å². The fraction of sp³-hybridized carbons (Fsp3) is 0.478. The van der Waals surface area contributed by atoms with Gasteiger partial charge in [-0.2, -0.15) is 0 Å². The van der Waals surface area contributed by atoms with E-state index >= 15 is 0 Å². The Morgan fingerprint density at radius 3 is 2.50 bits per heavy atom. The van der Waals surface area contributed by atoms with Crippen molar-refractivity contribution in [2.24, 2.45) is 5.92 Å². The molecule has 5 heteroatoms. The number of piperidine rings is 1. The molecule has 0 unspecified atom stereocenters. The lowest BCUT2D eigenvalue weighted by Gasteiger charge is -2.33. The summed E-state index contributed by atoms with van der Waals surface area (Å²) < 4.78 is 10.8. The third kappa shape index (κ3) is 6.97. The third-order valence-corrected chi connectivity index (χ3v) is 5.22. The minimum absolute atomic E-state index is 0.243. The lowest BCUT2D eigenvalue weighted by Crippen LogP contribution is -2.33. The second-order valence-corrected chi connectivity index (χ2v) is 7.28. The number of hydrogen-bond acceptors (Lipinski definition) is 5. The van der Waals surface area contributed by atoms with Gasteiger partial charge >= 0.3 is 5.97 Å². The molecule has 0 bridgehead atoms. The molecule has 0 radical (unpaired) electrons. The van der Waals surface area contributed by atoms with E-state index in [1.54, 1.807) is 12.1 Å². The summed E-state index contributed by atoms with van der Waals surface area (Å²) in [6.45, 7) is 3.41. The van der Waals surface area contributed by atoms with Crippen LogP contribution in [0.3, 0.4) is 0 Å². The average molecular weight is 383 g/mol. The van der Waals surface area contributed by atoms with Gasteiger partial charge in [-0.05, 0) is 49.4 Å². The first-order chi connectivity index (χ1) is 13.8. The molecule has 28 heavy (non-hydrogen) atoms. The van der Waals surface area contributed by atoms with Gasteiger partial charge in [0.05, 0.1) is 13.0 Å². The molecule has 1 fully saturated rings. The van der Waals surface area contributed by atoms with E-state index in [2.05, 4.69) is 22.0 Å². The van der Waals surface area contributed by atoms with Crippen molar-refractivity contribution in [2.75, 3.05) is 31.2 Å². The van der Waals surface area contributed by atoms with Crippen LogP contribution < -0.4 is 9.64 Å². The number of benzene rings is 1. The van der Waals surface area contributed by atoms with Crippen LogP contribution in [0.15, 0.2) is 54.9 Å². The number of carbonyl (C=O) groups is 1. The Morgan fingerprint density at radius 1 is 1.00 bits per heavy atom. The summed E-state index contributed by atoms with van der Waals surface area (Å²) in [5.74, 6) is 1.16. The summed E-state index contributed by atoms with van der Waals surface area (Å²) in [7, 11) is 0. The average Bonchev–Trinajstić information content (AvgIpc) is 2.75. The molecule has 3 rings (SSSR count). The van der Waals surface area contributed by atoms with Gasteiger partial charge in [-0.15, -0.1) is 0 Å². The number of ether oxygens (including phenoxy) is 2. The summed E-state index contributed by atoms with van der Waals surface area (Å²) in [6, 6.07) is 13.3. The molecular formula is C23H30N2O3. The number of para-hydroxylation sites is 1. The van der Waals surface area contributed by atoms with Gasteiger partial charge in [0.2, 0.25) is 0 Å². The molecule has 0 N–H and O–H groups in total. The zero-order chi connectivity index (χ0) is 19.4. The van der Waals surface area contributed by atoms with E-state index < -0.39 is 0 Å². The number of aromatic nitrogens is 1. The van der Waals surface area contributed by atoms with E-state index in [0.29, 0.717) is 25.4 Å². The van der Waals surface area contributed by atoms with Crippen LogP contribution in [0, 0.1) is 5.92 Å². The molecule has 1 aromatic heterocycles. The molecule has 1 aromatic carbocycles. The lowest BCUT2D eigenvalue weighted by molar-refractivity contribution is -0.135. The molecule has 150 valence electrons. The smallest absolute Gasteiger partial charge is 0.313 e. The molecule has 0 amide bonds. The highest BCUT2D eigenvalue weighted by atomic mass is 16.5. The maximum Gasteiger partial charge on any atom is 0.313 e. The topological polar surface area (TPSA) is 51.7 Å². The fourth-order valence-corrected chi connectivity index (χ4v) is 3.60. The Hall–Kier alpha value is -2.40. The molecule has 2 heterocycles. The zero-order valence-corrected chi connectivity index (χ0v) is 16.5. The summed E-state index contributed by atoms with van der Waals surface area (Å²) in [4.78, 5) is 18.3. The van der Waals surface area contributed by atoms with Crippen LogP contribution >= 0.6 is 0 Å². The molecule has 5 nitrogen and oxygen atoms in total. The van der Waals surface area contributed by atoms with Crippen molar-refractivity contribution in [3.63, 3.8) is 0 Å². The minimum Gasteiger partial charge on any atom is -0.426 e. The highest BCUT2D eigenvalue weighted by molar-refractivity contribution is 5.72. The van der Waals surface area contributed by atoms with Crippen LogP contribution in [-0.2, 0) is 9.53 Å². The van der Waals surface area contributed by atoms with Crippen LogP contribution in [0.5, 0.6) is 5.75 Å². The van der Waals surface area contributed by atoms with Gasteiger partial charge in [-0.1, -0.05) is 31.0 Å². The SMILES string of the molecule is O=C(CCOCCCCC1CCN(c2ccncc2)CC1)Oc1ccccc1. The number of nitrogens with zero attached hydrogens (tertiary/aromatic N) is 2. The first-order valence-corrected chi connectivity index (χ1v) is 10.3. The van der Waals surface area contributed by atoms with Crippen LogP contribution in [0.4, 0.5) is 5.69 Å². The van der Waals surface area contributed by atoms with Crippen molar-refractivity contribution in [1.29, 1.82) is 0 Å². The lowest BCUT2D eigenvalue weighted by atomic mass is 9.91. The van der Waals surface area contributed by atoms with Gasteiger partial charge in [-0.3, -0.25) is 9.78 Å². The summed E-state index contributed by atoms with van der Waals surface area (Å²) in [6.07, 6.45) is 10.0. The van der Waals surface area contributed by atoms with E-state index in [4.69, 9.17) is 9.47 Å². The second-order valence-electron chi connectivity index (χ2n) is 7.28. The Labute approximate surface area is 167 Å². The molecule has 0 atom stereocenters. The van der Waals surface area contributed by atoms with Gasteiger partial charge < -0.3 is 14.4 Å². The largest absolute Gasteiger partial charge is 0.426 e. The second kappa shape index (κ2) is 11.4. The van der Waals surface area contributed by atoms with Gasteiger partial charge in [0.15, 0.2) is 0 Å². The molecule has 0 saturated carbocycles. The van der Waals surface area contributed by atoms with E-state index in [-0.39, 0.29) is 5.97 Å². The van der Waals surface area contributed by atoms with Crippen LogP contribution in [0.1, 0.15) is 38.5 Å². The van der Waals surface area contributed by atoms with E-state index in [1.807, 2.05) is 30.6 Å². The first kappa shape index (κ1) is 20.3. The summed E-state index contributed by atoms with van der Waals surface area (Å²) in [5, 5.41) is 0. The minimum atomic E-state index is -0.243. The monoisotopic (exact) mass is 382 g/mol. The van der Waals surface area contributed by atoms with Gasteiger partial charge in [0, 0.05) is 37.8 Å². The van der Waals surface area contributed by atoms with Crippen molar-refractivity contribution in [3.05, 3.63) is 54.9 Å². The summed E-state index contributed by atoms with van der Waals surface area (Å²) >= 11 is 0. The third-order valence-electron chi connectivity index (χ3n) is 5.22. The number of carbonyl (C=O) groups excluding carboxylic acids is 1. The van der Waals surface area contributed by atoms with Crippen molar-refractivity contribution >= 4 is 11.7 Å². The number of anilines is 1. The van der Waals surface area contributed by atoms with E-state index in [9.17, 15) is 4.79 Å². The van der Waals surface area contributed by atoms with E-state index in [0.717, 1.165) is 25.4 Å². The maximum absolute atomic E-state index is 11.7. The highest BCUT2D eigenvalue weighted by Crippen LogP contribution is 2.26. The quantitative estimate of drug-likeness (QED) is 0.344. The van der Waals surface area contributed by atoms with E-state index in [1.165, 1.54) is 31.4 Å². The number of unbranched alkanes of at least 4 members (excludes halogenated alkanes) is 1. The molecule has 1 aliphatic rings. The van der Waals surface area contributed by atoms with Crippen molar-refractivity contribution < 1.29 is 14.3 Å². The predicted molar refractivity (Wildman–Crippen MR) is 111 cm³/mol. The van der Waals surface area contributed by atoms with Crippen LogP contribution in [0.2, 0.25) is 0 Å². The summed E-state index contributed by atoms with van der Waals surface area (Å²) in [5.41, 5.74) is 1.28. The molecule has 2 aromatic rings. The molecule has 1 aliphatic heterocycles. The number of rotatable bonds is 10. The molecule has 0 aliphatic carbocycles.